The zero-order valence-electron chi connectivity index (χ0n) is 12.9. The molecule has 0 radical (unpaired) electrons. The smallest absolute Gasteiger partial charge is 0.230 e. The second-order valence-electron chi connectivity index (χ2n) is 6.44. The lowest BCUT2D eigenvalue weighted by Crippen LogP contribution is -2.19. The van der Waals surface area contributed by atoms with Gasteiger partial charge in [0.15, 0.2) is 9.84 Å². The maximum absolute atomic E-state index is 12.0. The SMILES string of the molecule is CS(=O)(=O)C1(c2ccc(-c3noc(C4CC=CC4)n3)cc2)CC1. The van der Waals surface area contributed by atoms with E-state index in [0.717, 1.165) is 24.0 Å². The summed E-state index contributed by atoms with van der Waals surface area (Å²) in [5.41, 5.74) is 1.70. The quantitative estimate of drug-likeness (QED) is 0.805. The molecule has 120 valence electrons. The Morgan fingerprint density at radius 3 is 2.35 bits per heavy atom. The standard InChI is InChI=1S/C17H18N2O3S/c1-23(20,21)17(10-11-17)14-8-6-12(7-9-14)15-18-16(22-19-15)13-4-2-3-5-13/h2-3,6-9,13H,4-5,10-11H2,1H3. The molecule has 2 aliphatic rings. The van der Waals surface area contributed by atoms with Crippen molar-refractivity contribution in [2.45, 2.75) is 36.3 Å². The van der Waals surface area contributed by atoms with Gasteiger partial charge in [-0.3, -0.25) is 0 Å². The van der Waals surface area contributed by atoms with E-state index in [2.05, 4.69) is 22.3 Å². The van der Waals surface area contributed by atoms with Crippen LogP contribution < -0.4 is 0 Å². The highest BCUT2D eigenvalue weighted by molar-refractivity contribution is 7.92. The third-order valence-corrected chi connectivity index (χ3v) is 6.95. The summed E-state index contributed by atoms with van der Waals surface area (Å²) in [4.78, 5) is 4.48. The fourth-order valence-electron chi connectivity index (χ4n) is 3.25. The molecule has 0 amide bonds. The molecule has 0 N–H and O–H groups in total. The molecule has 0 bridgehead atoms. The van der Waals surface area contributed by atoms with Gasteiger partial charge in [0.1, 0.15) is 0 Å². The van der Waals surface area contributed by atoms with Gasteiger partial charge in [-0.15, -0.1) is 0 Å². The first kappa shape index (κ1) is 14.6. The maximum Gasteiger partial charge on any atom is 0.230 e. The molecular formula is C17H18N2O3S. The minimum Gasteiger partial charge on any atom is -0.339 e. The molecule has 1 heterocycles. The van der Waals surface area contributed by atoms with Crippen LogP contribution in [-0.2, 0) is 14.6 Å². The topological polar surface area (TPSA) is 73.1 Å². The Bertz CT molecular complexity index is 853. The summed E-state index contributed by atoms with van der Waals surface area (Å²) < 4.78 is 28.6. The van der Waals surface area contributed by atoms with Gasteiger partial charge in [-0.1, -0.05) is 41.6 Å². The molecule has 23 heavy (non-hydrogen) atoms. The fraction of sp³-hybridized carbons (Fsp3) is 0.412. The van der Waals surface area contributed by atoms with Gasteiger partial charge in [-0.05, 0) is 31.2 Å². The van der Waals surface area contributed by atoms with Gasteiger partial charge in [0, 0.05) is 17.7 Å². The van der Waals surface area contributed by atoms with E-state index < -0.39 is 14.6 Å². The van der Waals surface area contributed by atoms with E-state index in [-0.39, 0.29) is 5.92 Å². The van der Waals surface area contributed by atoms with Crippen molar-refractivity contribution >= 4 is 9.84 Å². The zero-order valence-corrected chi connectivity index (χ0v) is 13.7. The molecule has 4 rings (SSSR count). The Labute approximate surface area is 135 Å². The molecule has 1 saturated carbocycles. The van der Waals surface area contributed by atoms with Gasteiger partial charge < -0.3 is 4.52 Å². The van der Waals surface area contributed by atoms with Crippen molar-refractivity contribution in [3.05, 3.63) is 47.9 Å². The Morgan fingerprint density at radius 2 is 1.78 bits per heavy atom. The van der Waals surface area contributed by atoms with Crippen molar-refractivity contribution in [2.24, 2.45) is 0 Å². The Balaban J connectivity index is 1.59. The molecular weight excluding hydrogens is 312 g/mol. The largest absolute Gasteiger partial charge is 0.339 e. The lowest BCUT2D eigenvalue weighted by molar-refractivity contribution is 0.357. The van der Waals surface area contributed by atoms with E-state index in [0.29, 0.717) is 24.6 Å². The number of aromatic nitrogens is 2. The number of hydrogen-bond donors (Lipinski definition) is 0. The van der Waals surface area contributed by atoms with Crippen molar-refractivity contribution in [2.75, 3.05) is 6.26 Å². The van der Waals surface area contributed by atoms with Gasteiger partial charge in [0.2, 0.25) is 11.7 Å². The third kappa shape index (κ3) is 2.41. The van der Waals surface area contributed by atoms with Crippen LogP contribution in [0, 0.1) is 0 Å². The van der Waals surface area contributed by atoms with Crippen molar-refractivity contribution in [1.82, 2.24) is 10.1 Å². The van der Waals surface area contributed by atoms with Crippen molar-refractivity contribution in [3.63, 3.8) is 0 Å². The van der Waals surface area contributed by atoms with E-state index in [4.69, 9.17) is 4.52 Å². The van der Waals surface area contributed by atoms with Crippen LogP contribution in [0.4, 0.5) is 0 Å². The fourth-order valence-corrected chi connectivity index (χ4v) is 4.66. The predicted molar refractivity (Wildman–Crippen MR) is 86.6 cm³/mol. The van der Waals surface area contributed by atoms with E-state index in [1.165, 1.54) is 6.26 Å². The van der Waals surface area contributed by atoms with Crippen LogP contribution in [0.25, 0.3) is 11.4 Å². The average molecular weight is 330 g/mol. The maximum atomic E-state index is 12.0. The number of benzene rings is 1. The summed E-state index contributed by atoms with van der Waals surface area (Å²) in [6, 6.07) is 7.50. The Kier molecular flexibility index (Phi) is 3.20. The summed E-state index contributed by atoms with van der Waals surface area (Å²) in [5, 5.41) is 4.06. The van der Waals surface area contributed by atoms with Gasteiger partial charge in [0.05, 0.1) is 4.75 Å². The minimum atomic E-state index is -3.09. The number of allylic oxidation sites excluding steroid dienone is 2. The first-order valence-corrected chi connectivity index (χ1v) is 9.68. The van der Waals surface area contributed by atoms with Gasteiger partial charge >= 0.3 is 0 Å². The lowest BCUT2D eigenvalue weighted by Gasteiger charge is -2.13. The molecule has 0 spiro atoms. The van der Waals surface area contributed by atoms with E-state index in [1.54, 1.807) is 0 Å². The molecule has 6 heteroatoms. The first-order chi connectivity index (χ1) is 11.0. The lowest BCUT2D eigenvalue weighted by atomic mass is 10.1. The summed E-state index contributed by atoms with van der Waals surface area (Å²) in [6.07, 6.45) is 8.86. The third-order valence-electron chi connectivity index (χ3n) is 4.88. The summed E-state index contributed by atoms with van der Waals surface area (Å²) in [6.45, 7) is 0. The Hall–Kier alpha value is -1.95. The summed E-state index contributed by atoms with van der Waals surface area (Å²) in [7, 11) is -3.09. The van der Waals surface area contributed by atoms with Crippen LogP contribution in [-0.4, -0.2) is 24.8 Å². The molecule has 1 fully saturated rings. The monoisotopic (exact) mass is 330 g/mol. The highest BCUT2D eigenvalue weighted by Gasteiger charge is 2.53. The van der Waals surface area contributed by atoms with Crippen molar-refractivity contribution < 1.29 is 12.9 Å². The van der Waals surface area contributed by atoms with Crippen molar-refractivity contribution in [1.29, 1.82) is 0 Å². The van der Waals surface area contributed by atoms with Crippen LogP contribution >= 0.6 is 0 Å². The second kappa shape index (κ2) is 5.03. The zero-order chi connectivity index (χ0) is 16.1. The molecule has 5 nitrogen and oxygen atoms in total. The van der Waals surface area contributed by atoms with E-state index in [1.807, 2.05) is 24.3 Å². The van der Waals surface area contributed by atoms with E-state index >= 15 is 0 Å². The number of nitrogens with zero attached hydrogens (tertiary/aromatic N) is 2. The predicted octanol–water partition coefficient (Wildman–Crippen LogP) is 3.20. The average Bonchev–Trinajstić information content (AvgIpc) is 2.98. The second-order valence-corrected chi connectivity index (χ2v) is 8.77. The van der Waals surface area contributed by atoms with Crippen LogP contribution in [0.1, 0.15) is 43.1 Å². The molecule has 2 aliphatic carbocycles. The number of rotatable bonds is 4. The molecule has 1 aromatic carbocycles. The van der Waals surface area contributed by atoms with Crippen LogP contribution in [0.5, 0.6) is 0 Å². The van der Waals surface area contributed by atoms with E-state index in [9.17, 15) is 8.42 Å². The molecule has 2 aromatic rings. The van der Waals surface area contributed by atoms with Crippen LogP contribution in [0.15, 0.2) is 40.9 Å². The van der Waals surface area contributed by atoms with Gasteiger partial charge in [-0.25, -0.2) is 8.42 Å². The molecule has 0 saturated heterocycles. The summed E-state index contributed by atoms with van der Waals surface area (Å²) in [5.74, 6) is 1.52. The molecule has 1 aromatic heterocycles. The van der Waals surface area contributed by atoms with Crippen molar-refractivity contribution in [3.8, 4) is 11.4 Å². The van der Waals surface area contributed by atoms with Crippen LogP contribution in [0.2, 0.25) is 0 Å². The normalized spacial score (nSPS) is 20.0. The molecule has 0 unspecified atom stereocenters. The summed E-state index contributed by atoms with van der Waals surface area (Å²) >= 11 is 0. The van der Waals surface area contributed by atoms with Crippen LogP contribution in [0.3, 0.4) is 0 Å². The highest BCUT2D eigenvalue weighted by Crippen LogP contribution is 2.52. The molecule has 0 aliphatic heterocycles. The highest BCUT2D eigenvalue weighted by atomic mass is 32.2. The first-order valence-electron chi connectivity index (χ1n) is 7.79. The molecule has 0 atom stereocenters. The van der Waals surface area contributed by atoms with Gasteiger partial charge in [0.25, 0.3) is 0 Å². The number of hydrogen-bond acceptors (Lipinski definition) is 5. The van der Waals surface area contributed by atoms with Gasteiger partial charge in [-0.2, -0.15) is 4.98 Å². The number of sulfone groups is 1. The minimum absolute atomic E-state index is 0.287. The Morgan fingerprint density at radius 1 is 1.13 bits per heavy atom.